The molecule has 1 aromatic rings. The monoisotopic (exact) mass is 320 g/mol. The molecule has 1 amide bonds. The van der Waals surface area contributed by atoms with Crippen molar-refractivity contribution in [2.45, 2.75) is 24.3 Å². The molecule has 0 saturated carbocycles. The van der Waals surface area contributed by atoms with Gasteiger partial charge in [-0.05, 0) is 25.1 Å². The van der Waals surface area contributed by atoms with Crippen molar-refractivity contribution in [3.05, 3.63) is 24.0 Å². The Kier molecular flexibility index (Phi) is 5.40. The Morgan fingerprint density at radius 2 is 1.90 bits per heavy atom. The second-order valence-electron chi connectivity index (χ2n) is 4.81. The van der Waals surface area contributed by atoms with Gasteiger partial charge in [-0.15, -0.1) is 0 Å². The predicted octanol–water partition coefficient (Wildman–Crippen LogP) is -0.194. The molecular weight excluding hydrogens is 303 g/mol. The Labute approximate surface area is 121 Å². The molecule has 0 aromatic heterocycles. The van der Waals surface area contributed by atoms with Crippen LogP contribution in [0.1, 0.15) is 13.8 Å². The maximum absolute atomic E-state index is 13.9. The smallest absolute Gasteiger partial charge is 0.244 e. The number of anilines is 1. The van der Waals surface area contributed by atoms with Crippen molar-refractivity contribution in [2.24, 2.45) is 0 Å². The number of rotatable bonds is 6. The molecule has 1 rings (SSSR count). The van der Waals surface area contributed by atoms with Gasteiger partial charge in [-0.1, -0.05) is 0 Å². The average molecular weight is 320 g/mol. The van der Waals surface area contributed by atoms with Crippen LogP contribution in [0.25, 0.3) is 0 Å². The van der Waals surface area contributed by atoms with E-state index in [1.165, 1.54) is 19.9 Å². The van der Waals surface area contributed by atoms with Crippen LogP contribution in [-0.2, 0) is 14.8 Å². The lowest BCUT2D eigenvalue weighted by Gasteiger charge is -2.25. The molecule has 0 radical (unpaired) electrons. The Hall–Kier alpha value is -1.55. The highest BCUT2D eigenvalue weighted by Crippen LogP contribution is 2.20. The van der Waals surface area contributed by atoms with Gasteiger partial charge >= 0.3 is 0 Å². The van der Waals surface area contributed by atoms with Gasteiger partial charge in [0.25, 0.3) is 0 Å². The van der Waals surface area contributed by atoms with E-state index in [2.05, 4.69) is 5.32 Å². The van der Waals surface area contributed by atoms with E-state index in [0.29, 0.717) is 0 Å². The summed E-state index contributed by atoms with van der Waals surface area (Å²) >= 11 is 0. The normalized spacial score (nSPS) is 12.2. The Balaban J connectivity index is 3.12. The summed E-state index contributed by atoms with van der Waals surface area (Å²) < 4.78 is 40.0. The number of aliphatic hydroxyl groups excluding tert-OH is 2. The van der Waals surface area contributed by atoms with Crippen LogP contribution in [0.15, 0.2) is 23.1 Å². The van der Waals surface area contributed by atoms with Crippen molar-refractivity contribution >= 4 is 21.6 Å². The quantitative estimate of drug-likeness (QED) is 0.579. The zero-order valence-corrected chi connectivity index (χ0v) is 12.4. The number of sulfonamides is 1. The molecule has 118 valence electrons. The minimum absolute atomic E-state index is 0.117. The van der Waals surface area contributed by atoms with Crippen LogP contribution >= 0.6 is 0 Å². The molecule has 9 heteroatoms. The molecule has 0 spiro atoms. The van der Waals surface area contributed by atoms with Crippen LogP contribution in [0.4, 0.5) is 10.1 Å². The highest BCUT2D eigenvalue weighted by atomic mass is 32.2. The fraction of sp³-hybridized carbons (Fsp3) is 0.417. The Morgan fingerprint density at radius 1 is 1.33 bits per heavy atom. The number of amides is 1. The summed E-state index contributed by atoms with van der Waals surface area (Å²) in [5, 5.41) is 20.5. The first-order valence-corrected chi connectivity index (χ1v) is 7.45. The lowest BCUT2D eigenvalue weighted by atomic mass is 10.1. The standard InChI is InChI=1S/C12H17FN2O5S/c1-8(18)14-9-3-4-11(10(13)5-9)21(19,20)15-12(2,6-16)7-17/h3-5,15-17H,6-7H2,1-2H3,(H,14,18). The molecule has 0 aliphatic carbocycles. The highest BCUT2D eigenvalue weighted by Gasteiger charge is 2.31. The minimum atomic E-state index is -4.28. The van der Waals surface area contributed by atoms with E-state index < -0.39 is 45.4 Å². The maximum atomic E-state index is 13.9. The van der Waals surface area contributed by atoms with Crippen LogP contribution in [0.2, 0.25) is 0 Å². The minimum Gasteiger partial charge on any atom is -0.394 e. The molecule has 0 bridgehead atoms. The number of aliphatic hydroxyl groups is 2. The van der Waals surface area contributed by atoms with Gasteiger partial charge in [0.2, 0.25) is 15.9 Å². The first-order chi connectivity index (χ1) is 9.63. The van der Waals surface area contributed by atoms with Crippen LogP contribution in [0.3, 0.4) is 0 Å². The van der Waals surface area contributed by atoms with Crippen LogP contribution in [0.5, 0.6) is 0 Å². The molecular formula is C12H17FN2O5S. The molecule has 7 nitrogen and oxygen atoms in total. The highest BCUT2D eigenvalue weighted by molar-refractivity contribution is 7.89. The Morgan fingerprint density at radius 3 is 2.33 bits per heavy atom. The van der Waals surface area contributed by atoms with E-state index in [1.807, 2.05) is 4.72 Å². The second-order valence-corrected chi connectivity index (χ2v) is 6.46. The van der Waals surface area contributed by atoms with Gasteiger partial charge in [-0.3, -0.25) is 4.79 Å². The predicted molar refractivity (Wildman–Crippen MR) is 73.6 cm³/mol. The molecule has 0 heterocycles. The molecule has 0 saturated heterocycles. The average Bonchev–Trinajstić information content (AvgIpc) is 2.37. The van der Waals surface area contributed by atoms with Crippen molar-refractivity contribution in [3.8, 4) is 0 Å². The topological polar surface area (TPSA) is 116 Å². The number of hydrogen-bond donors (Lipinski definition) is 4. The summed E-state index contributed by atoms with van der Waals surface area (Å²) in [6.07, 6.45) is 0. The van der Waals surface area contributed by atoms with Gasteiger partial charge in [0.05, 0.1) is 18.8 Å². The number of carbonyl (C=O) groups is 1. The van der Waals surface area contributed by atoms with Crippen LogP contribution < -0.4 is 10.0 Å². The molecule has 0 aliphatic rings. The molecule has 0 unspecified atom stereocenters. The summed E-state index contributed by atoms with van der Waals surface area (Å²) in [6, 6.07) is 3.08. The van der Waals surface area contributed by atoms with Crippen LogP contribution in [-0.4, -0.2) is 43.3 Å². The van der Waals surface area contributed by atoms with E-state index >= 15 is 0 Å². The fourth-order valence-electron chi connectivity index (χ4n) is 1.49. The second kappa shape index (κ2) is 6.48. The number of carbonyl (C=O) groups excluding carboxylic acids is 1. The largest absolute Gasteiger partial charge is 0.394 e. The molecule has 0 fully saturated rings. The van der Waals surface area contributed by atoms with Gasteiger partial charge in [-0.2, -0.15) is 0 Å². The summed E-state index contributed by atoms with van der Waals surface area (Å²) in [4.78, 5) is 10.2. The number of nitrogens with one attached hydrogen (secondary N) is 2. The van der Waals surface area contributed by atoms with Crippen molar-refractivity contribution in [1.29, 1.82) is 0 Å². The summed E-state index contributed by atoms with van der Waals surface area (Å²) in [5.74, 6) is -1.48. The van der Waals surface area contributed by atoms with E-state index in [9.17, 15) is 17.6 Å². The maximum Gasteiger partial charge on any atom is 0.244 e. The third-order valence-electron chi connectivity index (χ3n) is 2.62. The molecule has 4 N–H and O–H groups in total. The van der Waals surface area contributed by atoms with Gasteiger partial charge < -0.3 is 15.5 Å². The zero-order valence-electron chi connectivity index (χ0n) is 11.6. The molecule has 1 aromatic carbocycles. The van der Waals surface area contributed by atoms with Crippen LogP contribution in [0, 0.1) is 5.82 Å². The van der Waals surface area contributed by atoms with Crippen molar-refractivity contribution in [3.63, 3.8) is 0 Å². The lowest BCUT2D eigenvalue weighted by Crippen LogP contribution is -2.51. The lowest BCUT2D eigenvalue weighted by molar-refractivity contribution is -0.114. The van der Waals surface area contributed by atoms with E-state index in [0.717, 1.165) is 12.1 Å². The summed E-state index contributed by atoms with van der Waals surface area (Å²) in [5.41, 5.74) is -1.40. The van der Waals surface area contributed by atoms with Crippen molar-refractivity contribution < 1.29 is 27.8 Å². The van der Waals surface area contributed by atoms with E-state index in [-0.39, 0.29) is 5.69 Å². The third-order valence-corrected chi connectivity index (χ3v) is 4.29. The Bertz CT molecular complexity index is 629. The molecule has 21 heavy (non-hydrogen) atoms. The molecule has 0 aliphatic heterocycles. The SMILES string of the molecule is CC(=O)Nc1ccc(S(=O)(=O)NC(C)(CO)CO)c(F)c1. The molecule has 0 atom stereocenters. The van der Waals surface area contributed by atoms with Gasteiger partial charge in [0.1, 0.15) is 10.7 Å². The fourth-order valence-corrected chi connectivity index (χ4v) is 2.94. The van der Waals surface area contributed by atoms with Gasteiger partial charge in [0.15, 0.2) is 0 Å². The van der Waals surface area contributed by atoms with Gasteiger partial charge in [-0.25, -0.2) is 17.5 Å². The number of benzene rings is 1. The number of halogens is 1. The van der Waals surface area contributed by atoms with E-state index in [4.69, 9.17) is 10.2 Å². The summed E-state index contributed by atoms with van der Waals surface area (Å²) in [6.45, 7) is 1.19. The summed E-state index contributed by atoms with van der Waals surface area (Å²) in [7, 11) is -4.28. The number of hydrogen-bond acceptors (Lipinski definition) is 5. The van der Waals surface area contributed by atoms with Gasteiger partial charge in [0, 0.05) is 12.6 Å². The van der Waals surface area contributed by atoms with E-state index in [1.54, 1.807) is 0 Å². The third kappa shape index (κ3) is 4.46. The first-order valence-electron chi connectivity index (χ1n) is 5.96. The zero-order chi connectivity index (χ0) is 16.3. The first kappa shape index (κ1) is 17.5. The van der Waals surface area contributed by atoms with Crippen molar-refractivity contribution in [1.82, 2.24) is 4.72 Å². The van der Waals surface area contributed by atoms with Crippen molar-refractivity contribution in [2.75, 3.05) is 18.5 Å².